The SMILES string of the molecule is CC(C)NC(=O)C(C)NC(=O)NC1(C(=O)O)CCC1. The first-order valence-corrected chi connectivity index (χ1v) is 6.39. The average Bonchev–Trinajstić information content (AvgIpc) is 2.21. The van der Waals surface area contributed by atoms with Crippen LogP contribution in [0.2, 0.25) is 0 Å². The minimum Gasteiger partial charge on any atom is -0.480 e. The molecular weight excluding hydrogens is 250 g/mol. The van der Waals surface area contributed by atoms with Crippen molar-refractivity contribution in [3.05, 3.63) is 0 Å². The predicted molar refractivity (Wildman–Crippen MR) is 68.6 cm³/mol. The smallest absolute Gasteiger partial charge is 0.329 e. The van der Waals surface area contributed by atoms with E-state index in [-0.39, 0.29) is 11.9 Å². The van der Waals surface area contributed by atoms with Gasteiger partial charge in [-0.1, -0.05) is 0 Å². The number of amides is 3. The highest BCUT2D eigenvalue weighted by Gasteiger charge is 2.45. The maximum Gasteiger partial charge on any atom is 0.329 e. The lowest BCUT2D eigenvalue weighted by molar-refractivity contribution is -0.148. The molecule has 0 spiro atoms. The van der Waals surface area contributed by atoms with Crippen molar-refractivity contribution in [1.82, 2.24) is 16.0 Å². The Bertz CT molecular complexity index is 377. The highest BCUT2D eigenvalue weighted by Crippen LogP contribution is 2.31. The zero-order valence-electron chi connectivity index (χ0n) is 11.4. The van der Waals surface area contributed by atoms with Gasteiger partial charge in [0, 0.05) is 6.04 Å². The van der Waals surface area contributed by atoms with Gasteiger partial charge in [-0.15, -0.1) is 0 Å². The fraction of sp³-hybridized carbons (Fsp3) is 0.750. The Morgan fingerprint density at radius 2 is 1.68 bits per heavy atom. The van der Waals surface area contributed by atoms with E-state index >= 15 is 0 Å². The third kappa shape index (κ3) is 3.84. The van der Waals surface area contributed by atoms with E-state index in [0.29, 0.717) is 12.8 Å². The maximum atomic E-state index is 11.7. The Labute approximate surface area is 112 Å². The highest BCUT2D eigenvalue weighted by molar-refractivity contribution is 5.90. The molecule has 1 aliphatic carbocycles. The van der Waals surface area contributed by atoms with Crippen LogP contribution in [-0.2, 0) is 9.59 Å². The van der Waals surface area contributed by atoms with E-state index in [1.54, 1.807) is 6.92 Å². The molecule has 0 bridgehead atoms. The molecule has 1 atom stereocenters. The molecule has 7 nitrogen and oxygen atoms in total. The molecule has 0 radical (unpaired) electrons. The number of hydrogen-bond acceptors (Lipinski definition) is 3. The molecule has 0 saturated heterocycles. The standard InChI is InChI=1S/C12H21N3O4/c1-7(2)13-9(16)8(3)14-11(19)15-12(10(17)18)5-4-6-12/h7-8H,4-6H2,1-3H3,(H,13,16)(H,17,18)(H2,14,15,19). The summed E-state index contributed by atoms with van der Waals surface area (Å²) in [6.45, 7) is 5.18. The van der Waals surface area contributed by atoms with Crippen LogP contribution in [0.4, 0.5) is 4.79 Å². The summed E-state index contributed by atoms with van der Waals surface area (Å²) in [5.41, 5.74) is -1.17. The van der Waals surface area contributed by atoms with E-state index in [1.165, 1.54) is 0 Å². The van der Waals surface area contributed by atoms with Gasteiger partial charge in [0.15, 0.2) is 0 Å². The van der Waals surface area contributed by atoms with Gasteiger partial charge in [0.1, 0.15) is 11.6 Å². The van der Waals surface area contributed by atoms with E-state index in [0.717, 1.165) is 6.42 Å². The van der Waals surface area contributed by atoms with Crippen LogP contribution in [0, 0.1) is 0 Å². The van der Waals surface area contributed by atoms with Crippen LogP contribution in [-0.4, -0.2) is 40.6 Å². The fourth-order valence-electron chi connectivity index (χ4n) is 1.85. The number of rotatable bonds is 5. The number of nitrogens with one attached hydrogen (secondary N) is 3. The number of urea groups is 1. The Balaban J connectivity index is 2.47. The largest absolute Gasteiger partial charge is 0.480 e. The van der Waals surface area contributed by atoms with Crippen LogP contribution in [0.5, 0.6) is 0 Å². The van der Waals surface area contributed by atoms with Gasteiger partial charge in [-0.2, -0.15) is 0 Å². The first-order valence-electron chi connectivity index (χ1n) is 6.39. The second-order valence-corrected chi connectivity index (χ2v) is 5.22. The molecule has 0 aromatic rings. The van der Waals surface area contributed by atoms with E-state index in [4.69, 9.17) is 5.11 Å². The molecule has 108 valence electrons. The van der Waals surface area contributed by atoms with Crippen molar-refractivity contribution < 1.29 is 19.5 Å². The van der Waals surface area contributed by atoms with Crippen molar-refractivity contribution in [2.75, 3.05) is 0 Å². The van der Waals surface area contributed by atoms with Gasteiger partial charge in [-0.3, -0.25) is 4.79 Å². The number of carbonyl (C=O) groups is 3. The van der Waals surface area contributed by atoms with Crippen molar-refractivity contribution in [1.29, 1.82) is 0 Å². The monoisotopic (exact) mass is 271 g/mol. The van der Waals surface area contributed by atoms with E-state index in [2.05, 4.69) is 16.0 Å². The number of aliphatic carboxylic acids is 1. The normalized spacial score (nSPS) is 18.1. The number of carboxylic acids is 1. The summed E-state index contributed by atoms with van der Waals surface area (Å²) in [5, 5.41) is 16.6. The van der Waals surface area contributed by atoms with Crippen LogP contribution < -0.4 is 16.0 Å². The van der Waals surface area contributed by atoms with Crippen LogP contribution in [0.25, 0.3) is 0 Å². The lowest BCUT2D eigenvalue weighted by Crippen LogP contribution is -2.62. The Morgan fingerprint density at radius 3 is 2.05 bits per heavy atom. The number of carboxylic acid groups (broad SMARTS) is 1. The third-order valence-electron chi connectivity index (χ3n) is 3.14. The molecule has 19 heavy (non-hydrogen) atoms. The minimum absolute atomic E-state index is 0.0168. The van der Waals surface area contributed by atoms with Gasteiger partial charge in [0.05, 0.1) is 0 Å². The molecule has 0 heterocycles. The van der Waals surface area contributed by atoms with Gasteiger partial charge in [-0.05, 0) is 40.0 Å². The number of carbonyl (C=O) groups excluding carboxylic acids is 2. The molecule has 1 unspecified atom stereocenters. The van der Waals surface area contributed by atoms with E-state index in [9.17, 15) is 14.4 Å². The zero-order valence-corrected chi connectivity index (χ0v) is 11.4. The average molecular weight is 271 g/mol. The zero-order chi connectivity index (χ0) is 14.6. The van der Waals surface area contributed by atoms with Gasteiger partial charge < -0.3 is 21.1 Å². The van der Waals surface area contributed by atoms with Crippen molar-refractivity contribution in [3.8, 4) is 0 Å². The lowest BCUT2D eigenvalue weighted by atomic mass is 9.77. The summed E-state index contributed by atoms with van der Waals surface area (Å²) in [6.07, 6.45) is 1.61. The van der Waals surface area contributed by atoms with Gasteiger partial charge in [-0.25, -0.2) is 9.59 Å². The second kappa shape index (κ2) is 5.90. The minimum atomic E-state index is -1.17. The van der Waals surface area contributed by atoms with Gasteiger partial charge in [0.25, 0.3) is 0 Å². The fourth-order valence-corrected chi connectivity index (χ4v) is 1.85. The van der Waals surface area contributed by atoms with Crippen LogP contribution in [0.15, 0.2) is 0 Å². The second-order valence-electron chi connectivity index (χ2n) is 5.22. The summed E-state index contributed by atoms with van der Waals surface area (Å²) in [5.74, 6) is -1.34. The Morgan fingerprint density at radius 1 is 1.11 bits per heavy atom. The van der Waals surface area contributed by atoms with E-state index in [1.807, 2.05) is 13.8 Å². The van der Waals surface area contributed by atoms with Gasteiger partial charge >= 0.3 is 12.0 Å². The van der Waals surface area contributed by atoms with Crippen molar-refractivity contribution in [2.45, 2.75) is 57.7 Å². The number of hydrogen-bond donors (Lipinski definition) is 4. The highest BCUT2D eigenvalue weighted by atomic mass is 16.4. The molecule has 0 aromatic carbocycles. The predicted octanol–water partition coefficient (Wildman–Crippen LogP) is 0.206. The molecule has 0 aromatic heterocycles. The first kappa shape index (κ1) is 15.3. The van der Waals surface area contributed by atoms with Gasteiger partial charge in [0.2, 0.25) is 5.91 Å². The van der Waals surface area contributed by atoms with Crippen LogP contribution in [0.1, 0.15) is 40.0 Å². The molecule has 1 fully saturated rings. The molecule has 1 saturated carbocycles. The molecule has 3 amide bonds. The molecule has 4 N–H and O–H groups in total. The van der Waals surface area contributed by atoms with Crippen molar-refractivity contribution >= 4 is 17.9 Å². The molecular formula is C12H21N3O4. The molecule has 7 heteroatoms. The summed E-state index contributed by atoms with van der Waals surface area (Å²) in [4.78, 5) is 34.4. The maximum absolute atomic E-state index is 11.7. The summed E-state index contributed by atoms with van der Waals surface area (Å²) < 4.78 is 0. The first-order chi connectivity index (χ1) is 8.77. The quantitative estimate of drug-likeness (QED) is 0.573. The molecule has 1 rings (SSSR count). The summed E-state index contributed by atoms with van der Waals surface area (Å²) >= 11 is 0. The Hall–Kier alpha value is -1.79. The van der Waals surface area contributed by atoms with Crippen LogP contribution >= 0.6 is 0 Å². The van der Waals surface area contributed by atoms with Crippen LogP contribution in [0.3, 0.4) is 0 Å². The Kier molecular flexibility index (Phi) is 4.74. The van der Waals surface area contributed by atoms with Crippen molar-refractivity contribution in [2.24, 2.45) is 0 Å². The van der Waals surface area contributed by atoms with Crippen molar-refractivity contribution in [3.63, 3.8) is 0 Å². The molecule has 1 aliphatic rings. The molecule has 0 aliphatic heterocycles. The summed E-state index contributed by atoms with van der Waals surface area (Å²) in [6, 6.07) is -1.36. The summed E-state index contributed by atoms with van der Waals surface area (Å²) in [7, 11) is 0. The third-order valence-corrected chi connectivity index (χ3v) is 3.14. The topological polar surface area (TPSA) is 108 Å². The van der Waals surface area contributed by atoms with E-state index < -0.39 is 23.6 Å². The lowest BCUT2D eigenvalue weighted by Gasteiger charge is -2.38.